The average Bonchev–Trinajstić information content (AvgIpc) is 3.36. The molecule has 0 N–H and O–H groups in total. The number of aryl methyl sites for hydroxylation is 3. The summed E-state index contributed by atoms with van der Waals surface area (Å²) < 4.78 is 10.8. The first-order valence-corrected chi connectivity index (χ1v) is 10.2. The molecular weight excluding hydrogens is 368 g/mol. The van der Waals surface area contributed by atoms with E-state index in [-0.39, 0.29) is 12.0 Å². The summed E-state index contributed by atoms with van der Waals surface area (Å²) in [6, 6.07) is 4.17. The number of amides is 1. The van der Waals surface area contributed by atoms with Crippen LogP contribution in [-0.2, 0) is 4.74 Å². The molecule has 0 spiro atoms. The van der Waals surface area contributed by atoms with E-state index in [1.165, 1.54) is 5.56 Å². The maximum atomic E-state index is 13.2. The molecule has 8 heteroatoms. The van der Waals surface area contributed by atoms with Gasteiger partial charge >= 0.3 is 0 Å². The summed E-state index contributed by atoms with van der Waals surface area (Å²) in [7, 11) is 0. The number of rotatable bonds is 4. The normalized spacial score (nSPS) is 17.1. The lowest BCUT2D eigenvalue weighted by Gasteiger charge is -2.22. The third-order valence-corrected chi connectivity index (χ3v) is 6.69. The Kier molecular flexibility index (Phi) is 4.73. The lowest BCUT2D eigenvalue weighted by molar-refractivity contribution is 0.0920. The summed E-state index contributed by atoms with van der Waals surface area (Å²) in [6.45, 7) is 7.20. The van der Waals surface area contributed by atoms with Gasteiger partial charge < -0.3 is 4.74 Å². The molecule has 0 saturated carbocycles. The molecule has 136 valence electrons. The van der Waals surface area contributed by atoms with Crippen molar-refractivity contribution in [3.8, 4) is 0 Å². The number of anilines is 1. The van der Waals surface area contributed by atoms with Gasteiger partial charge in [0.15, 0.2) is 5.13 Å². The molecule has 1 aliphatic rings. The van der Waals surface area contributed by atoms with Crippen molar-refractivity contribution in [2.24, 2.45) is 0 Å². The fourth-order valence-corrected chi connectivity index (χ4v) is 4.88. The highest BCUT2D eigenvalue weighted by molar-refractivity contribution is 7.22. The van der Waals surface area contributed by atoms with Crippen molar-refractivity contribution in [3.63, 3.8) is 0 Å². The molecule has 3 aromatic rings. The van der Waals surface area contributed by atoms with Crippen LogP contribution < -0.4 is 4.90 Å². The molecule has 1 fully saturated rings. The minimum atomic E-state index is -0.0950. The number of benzene rings is 1. The summed E-state index contributed by atoms with van der Waals surface area (Å²) in [6.07, 6.45) is 2.05. The number of aromatic nitrogens is 3. The number of carbonyl (C=O) groups is 1. The van der Waals surface area contributed by atoms with E-state index in [0.717, 1.165) is 46.8 Å². The van der Waals surface area contributed by atoms with E-state index < -0.39 is 0 Å². The molecule has 6 nitrogen and oxygen atoms in total. The van der Waals surface area contributed by atoms with Crippen LogP contribution in [0, 0.1) is 20.8 Å². The van der Waals surface area contributed by atoms with Gasteiger partial charge in [-0.2, -0.15) is 0 Å². The number of carbonyl (C=O) groups excluding carboxylic acids is 1. The van der Waals surface area contributed by atoms with E-state index in [1.807, 2.05) is 6.92 Å². The summed E-state index contributed by atoms with van der Waals surface area (Å²) in [5.74, 6) is -0.0950. The summed E-state index contributed by atoms with van der Waals surface area (Å²) in [5.41, 5.74) is 3.92. The molecule has 0 bridgehead atoms. The summed E-state index contributed by atoms with van der Waals surface area (Å²) >= 11 is 2.70. The summed E-state index contributed by atoms with van der Waals surface area (Å²) in [4.78, 5) is 20.4. The molecule has 2 aromatic heterocycles. The van der Waals surface area contributed by atoms with Gasteiger partial charge in [-0.05, 0) is 56.3 Å². The Balaban J connectivity index is 1.77. The third kappa shape index (κ3) is 3.13. The van der Waals surface area contributed by atoms with Gasteiger partial charge in [-0.15, -0.1) is 5.10 Å². The molecule has 26 heavy (non-hydrogen) atoms. The highest BCUT2D eigenvalue weighted by Crippen LogP contribution is 2.34. The van der Waals surface area contributed by atoms with Gasteiger partial charge in [0.25, 0.3) is 5.91 Å². The number of hydrogen-bond donors (Lipinski definition) is 0. The molecular formula is C18H20N4O2S2. The average molecular weight is 389 g/mol. The van der Waals surface area contributed by atoms with Gasteiger partial charge in [0.2, 0.25) is 0 Å². The lowest BCUT2D eigenvalue weighted by Crippen LogP contribution is -2.37. The van der Waals surface area contributed by atoms with Crippen molar-refractivity contribution in [2.75, 3.05) is 18.1 Å². The second-order valence-electron chi connectivity index (χ2n) is 6.61. The molecule has 1 amide bonds. The first-order valence-electron chi connectivity index (χ1n) is 8.63. The highest BCUT2D eigenvalue weighted by Gasteiger charge is 2.29. The van der Waals surface area contributed by atoms with E-state index in [9.17, 15) is 4.79 Å². The van der Waals surface area contributed by atoms with Crippen LogP contribution >= 0.6 is 22.9 Å². The largest absolute Gasteiger partial charge is 0.376 e. The standard InChI is InChI=1S/C18H20N4O2S2/c1-10-6-7-11(2)15-14(10)19-18(25-15)22(9-13-5-4-8-24-13)17(23)16-12(3)20-21-26-16/h6-7,13H,4-5,8-9H2,1-3H3/t13-/m0/s1. The Labute approximate surface area is 160 Å². The van der Waals surface area contributed by atoms with Crippen molar-refractivity contribution in [3.05, 3.63) is 33.8 Å². The Hall–Kier alpha value is -1.90. The number of fused-ring (bicyclic) bond motifs is 1. The van der Waals surface area contributed by atoms with Gasteiger partial charge in [0.1, 0.15) is 4.88 Å². The quantitative estimate of drug-likeness (QED) is 0.678. The van der Waals surface area contributed by atoms with Gasteiger partial charge in [-0.1, -0.05) is 28.0 Å². The molecule has 1 saturated heterocycles. The van der Waals surface area contributed by atoms with E-state index in [1.54, 1.807) is 16.2 Å². The second-order valence-corrected chi connectivity index (χ2v) is 8.34. The van der Waals surface area contributed by atoms with E-state index >= 15 is 0 Å². The Morgan fingerprint density at radius 1 is 1.31 bits per heavy atom. The molecule has 4 rings (SSSR count). The minimum absolute atomic E-state index is 0.0503. The number of hydrogen-bond acceptors (Lipinski definition) is 7. The van der Waals surface area contributed by atoms with Crippen molar-refractivity contribution in [2.45, 2.75) is 39.7 Å². The molecule has 1 aromatic carbocycles. The van der Waals surface area contributed by atoms with Crippen LogP contribution in [0.2, 0.25) is 0 Å². The SMILES string of the molecule is Cc1nnsc1C(=O)N(C[C@@H]1CCCO1)c1nc2c(C)ccc(C)c2s1. The molecule has 1 aliphatic heterocycles. The number of nitrogens with zero attached hydrogens (tertiary/aromatic N) is 4. The van der Waals surface area contributed by atoms with E-state index in [2.05, 4.69) is 35.6 Å². The Morgan fingerprint density at radius 2 is 2.12 bits per heavy atom. The van der Waals surface area contributed by atoms with Gasteiger partial charge in [0, 0.05) is 6.61 Å². The minimum Gasteiger partial charge on any atom is -0.376 e. The van der Waals surface area contributed by atoms with Crippen LogP contribution in [0.15, 0.2) is 12.1 Å². The predicted molar refractivity (Wildman–Crippen MR) is 104 cm³/mol. The molecule has 0 aliphatic carbocycles. The molecule has 3 heterocycles. The van der Waals surface area contributed by atoms with Gasteiger partial charge in [0.05, 0.1) is 28.6 Å². The fraction of sp³-hybridized carbons (Fsp3) is 0.444. The first kappa shape index (κ1) is 17.5. The third-order valence-electron chi connectivity index (χ3n) is 4.66. The van der Waals surface area contributed by atoms with Crippen LogP contribution in [0.5, 0.6) is 0 Å². The van der Waals surface area contributed by atoms with Crippen LogP contribution in [0.4, 0.5) is 5.13 Å². The topological polar surface area (TPSA) is 68.2 Å². The highest BCUT2D eigenvalue weighted by atomic mass is 32.1. The van der Waals surface area contributed by atoms with Crippen LogP contribution in [0.1, 0.15) is 39.3 Å². The lowest BCUT2D eigenvalue weighted by atomic mass is 10.1. The van der Waals surface area contributed by atoms with Gasteiger partial charge in [-0.3, -0.25) is 9.69 Å². The molecule has 1 atom stereocenters. The van der Waals surface area contributed by atoms with E-state index in [0.29, 0.717) is 22.2 Å². The smallest absolute Gasteiger partial charge is 0.273 e. The monoisotopic (exact) mass is 388 g/mol. The zero-order valence-corrected chi connectivity index (χ0v) is 16.6. The van der Waals surface area contributed by atoms with Crippen molar-refractivity contribution >= 4 is 44.1 Å². The predicted octanol–water partition coefficient (Wildman–Crippen LogP) is 3.90. The fourth-order valence-electron chi connectivity index (χ4n) is 3.15. The van der Waals surface area contributed by atoms with E-state index in [4.69, 9.17) is 9.72 Å². The first-order chi connectivity index (χ1) is 12.5. The summed E-state index contributed by atoms with van der Waals surface area (Å²) in [5, 5.41) is 4.70. The zero-order chi connectivity index (χ0) is 18.3. The van der Waals surface area contributed by atoms with Crippen molar-refractivity contribution < 1.29 is 9.53 Å². The van der Waals surface area contributed by atoms with Crippen LogP contribution in [0.3, 0.4) is 0 Å². The van der Waals surface area contributed by atoms with Crippen molar-refractivity contribution in [1.29, 1.82) is 0 Å². The van der Waals surface area contributed by atoms with Gasteiger partial charge in [-0.25, -0.2) is 4.98 Å². The number of ether oxygens (including phenoxy) is 1. The molecule has 0 unspecified atom stereocenters. The molecule has 0 radical (unpaired) electrons. The Bertz CT molecular complexity index is 920. The number of thiazole rings is 1. The Morgan fingerprint density at radius 3 is 2.77 bits per heavy atom. The maximum absolute atomic E-state index is 13.2. The van der Waals surface area contributed by atoms with Crippen LogP contribution in [0.25, 0.3) is 10.2 Å². The van der Waals surface area contributed by atoms with Crippen molar-refractivity contribution in [1.82, 2.24) is 14.6 Å². The second kappa shape index (κ2) is 7.02. The maximum Gasteiger partial charge on any atom is 0.273 e. The van der Waals surface area contributed by atoms with Crippen LogP contribution in [-0.4, -0.2) is 39.7 Å². The zero-order valence-electron chi connectivity index (χ0n) is 15.0.